The van der Waals surface area contributed by atoms with Crippen molar-refractivity contribution in [3.8, 4) is 0 Å². The van der Waals surface area contributed by atoms with Crippen LogP contribution in [0.15, 0.2) is 61.6 Å². The van der Waals surface area contributed by atoms with Gasteiger partial charge in [0, 0.05) is 37.2 Å². The van der Waals surface area contributed by atoms with Crippen molar-refractivity contribution in [1.82, 2.24) is 20.2 Å². The molecule has 2 aliphatic rings. The second-order valence-electron chi connectivity index (χ2n) is 7.72. The summed E-state index contributed by atoms with van der Waals surface area (Å²) in [5, 5.41) is 6.77. The van der Waals surface area contributed by atoms with Crippen LogP contribution in [0.3, 0.4) is 0 Å². The Hall–Kier alpha value is -3.72. The molecule has 5 heterocycles. The molecule has 1 fully saturated rings. The minimum absolute atomic E-state index is 0.0119. The first-order chi connectivity index (χ1) is 15.6. The van der Waals surface area contributed by atoms with Gasteiger partial charge in [-0.15, -0.1) is 11.3 Å². The predicted octanol–water partition coefficient (Wildman–Crippen LogP) is 4.27. The quantitative estimate of drug-likeness (QED) is 0.571. The van der Waals surface area contributed by atoms with Crippen LogP contribution in [0.1, 0.15) is 22.5 Å². The van der Waals surface area contributed by atoms with Gasteiger partial charge in [0.1, 0.15) is 15.5 Å². The zero-order valence-electron chi connectivity index (χ0n) is 17.4. The van der Waals surface area contributed by atoms with E-state index in [1.165, 1.54) is 16.2 Å². The van der Waals surface area contributed by atoms with Crippen LogP contribution in [0.5, 0.6) is 0 Å². The Morgan fingerprint density at radius 2 is 2.16 bits per heavy atom. The zero-order chi connectivity index (χ0) is 22.2. The third kappa shape index (κ3) is 3.40. The van der Waals surface area contributed by atoms with Crippen molar-refractivity contribution < 1.29 is 9.59 Å². The van der Waals surface area contributed by atoms with Crippen LogP contribution >= 0.6 is 11.3 Å². The van der Waals surface area contributed by atoms with Crippen molar-refractivity contribution in [2.24, 2.45) is 0 Å². The number of allylic oxidation sites excluding steroid dienone is 1. The number of hydrogen-bond donors (Lipinski definition) is 2. The lowest BCUT2D eigenvalue weighted by Crippen LogP contribution is -2.47. The van der Waals surface area contributed by atoms with Crippen LogP contribution in [-0.2, 0) is 0 Å². The molecule has 8 nitrogen and oxygen atoms in total. The largest absolute Gasteiger partial charge is 0.370 e. The third-order valence-electron chi connectivity index (χ3n) is 5.73. The molecule has 2 N–H and O–H groups in total. The summed E-state index contributed by atoms with van der Waals surface area (Å²) < 4.78 is 0. The van der Waals surface area contributed by atoms with Crippen molar-refractivity contribution in [2.75, 3.05) is 23.3 Å². The van der Waals surface area contributed by atoms with Crippen molar-refractivity contribution in [1.29, 1.82) is 0 Å². The molecule has 32 heavy (non-hydrogen) atoms. The molecule has 162 valence electrons. The van der Waals surface area contributed by atoms with E-state index < -0.39 is 0 Å². The molecule has 0 bridgehead atoms. The first kappa shape index (κ1) is 20.2. The molecule has 1 unspecified atom stereocenters. The van der Waals surface area contributed by atoms with Gasteiger partial charge in [-0.25, -0.2) is 19.7 Å². The van der Waals surface area contributed by atoms with E-state index in [-0.39, 0.29) is 18.0 Å². The highest BCUT2D eigenvalue weighted by atomic mass is 32.1. The number of rotatable bonds is 5. The molecule has 0 aromatic carbocycles. The zero-order valence-corrected chi connectivity index (χ0v) is 18.2. The van der Waals surface area contributed by atoms with Gasteiger partial charge in [-0.05, 0) is 37.1 Å². The number of carbonyl (C=O) groups is 2. The molecule has 5 rings (SSSR count). The number of carbonyl (C=O) groups excluding carboxylic acids is 2. The van der Waals surface area contributed by atoms with Gasteiger partial charge in [0.15, 0.2) is 0 Å². The minimum Gasteiger partial charge on any atom is -0.370 e. The number of nitrogens with one attached hydrogen (secondary N) is 2. The molecule has 0 saturated carbocycles. The second kappa shape index (κ2) is 8.08. The fourth-order valence-corrected chi connectivity index (χ4v) is 5.22. The number of amides is 3. The lowest BCUT2D eigenvalue weighted by atomic mass is 10.0. The van der Waals surface area contributed by atoms with E-state index in [1.54, 1.807) is 36.7 Å². The average molecular weight is 447 g/mol. The number of hydrogen-bond acceptors (Lipinski definition) is 6. The Kier molecular flexibility index (Phi) is 5.10. The lowest BCUT2D eigenvalue weighted by Gasteiger charge is -2.35. The highest BCUT2D eigenvalue weighted by Crippen LogP contribution is 2.45. The molecule has 9 heteroatoms. The normalized spacial score (nSPS) is 17.8. The van der Waals surface area contributed by atoms with Crippen LogP contribution in [0.25, 0.3) is 10.2 Å². The molecule has 0 spiro atoms. The van der Waals surface area contributed by atoms with E-state index in [9.17, 15) is 9.59 Å². The highest BCUT2D eigenvalue weighted by molar-refractivity contribution is 7.21. The van der Waals surface area contributed by atoms with Gasteiger partial charge in [0.25, 0.3) is 5.91 Å². The Balaban J connectivity index is 1.47. The molecule has 3 amide bonds. The summed E-state index contributed by atoms with van der Waals surface area (Å²) in [6.45, 7) is 9.38. The molecule has 1 saturated heterocycles. The lowest BCUT2D eigenvalue weighted by molar-refractivity contribution is 0.0920. The molecule has 0 radical (unpaired) electrons. The Morgan fingerprint density at radius 1 is 1.28 bits per heavy atom. The Labute approximate surface area is 189 Å². The molecule has 3 aromatic heterocycles. The summed E-state index contributed by atoms with van der Waals surface area (Å²) in [6, 6.07) is 6.79. The highest BCUT2D eigenvalue weighted by Gasteiger charge is 2.33. The van der Waals surface area contributed by atoms with Gasteiger partial charge in [-0.1, -0.05) is 19.2 Å². The summed E-state index contributed by atoms with van der Waals surface area (Å²) in [5.41, 5.74) is 2.02. The van der Waals surface area contributed by atoms with Gasteiger partial charge >= 0.3 is 6.03 Å². The van der Waals surface area contributed by atoms with Gasteiger partial charge in [0.05, 0.1) is 16.8 Å². The predicted molar refractivity (Wildman–Crippen MR) is 126 cm³/mol. The Bertz CT molecular complexity index is 1240. The van der Waals surface area contributed by atoms with Gasteiger partial charge < -0.3 is 15.5 Å². The molecule has 2 aliphatic heterocycles. The number of aromatic nitrogens is 2. The maximum absolute atomic E-state index is 13.2. The van der Waals surface area contributed by atoms with Crippen molar-refractivity contribution in [3.63, 3.8) is 0 Å². The van der Waals surface area contributed by atoms with E-state index >= 15 is 0 Å². The van der Waals surface area contributed by atoms with Crippen molar-refractivity contribution in [3.05, 3.63) is 66.5 Å². The van der Waals surface area contributed by atoms with E-state index in [2.05, 4.69) is 38.7 Å². The summed E-state index contributed by atoms with van der Waals surface area (Å²) in [6.07, 6.45) is 6.86. The van der Waals surface area contributed by atoms with Crippen LogP contribution in [0.4, 0.5) is 22.0 Å². The van der Waals surface area contributed by atoms with Crippen LogP contribution in [0.2, 0.25) is 0 Å². The summed E-state index contributed by atoms with van der Waals surface area (Å²) in [4.78, 5) is 39.8. The van der Waals surface area contributed by atoms with Gasteiger partial charge in [-0.2, -0.15) is 0 Å². The second-order valence-corrected chi connectivity index (χ2v) is 8.72. The number of pyridine rings is 2. The van der Waals surface area contributed by atoms with Gasteiger partial charge in [0.2, 0.25) is 0 Å². The molecule has 1 atom stereocenters. The standard InChI is InChI=1S/C23H22N6O2S/c1-3-14(2)28-12-6-7-15(13-28)26-21(30)20-19-18-16(9-11-25-22(18)32-20)29(23(31)27-19)17-8-4-5-10-24-17/h3-5,8-11,15H,1-2,6-7,12-13H2,(H,26,30)(H,27,31). The number of thiophene rings is 1. The fourth-order valence-electron chi connectivity index (χ4n) is 4.19. The van der Waals surface area contributed by atoms with Crippen LogP contribution in [-0.4, -0.2) is 45.9 Å². The minimum atomic E-state index is -0.359. The first-order valence-electron chi connectivity index (χ1n) is 10.4. The maximum atomic E-state index is 13.2. The first-order valence-corrected chi connectivity index (χ1v) is 11.2. The average Bonchev–Trinajstić information content (AvgIpc) is 3.19. The monoisotopic (exact) mass is 446 g/mol. The number of anilines is 3. The Morgan fingerprint density at radius 3 is 2.94 bits per heavy atom. The van der Waals surface area contributed by atoms with E-state index in [0.29, 0.717) is 33.4 Å². The number of urea groups is 1. The topological polar surface area (TPSA) is 90.5 Å². The summed E-state index contributed by atoms with van der Waals surface area (Å²) in [7, 11) is 0. The van der Waals surface area contributed by atoms with E-state index in [0.717, 1.165) is 30.5 Å². The number of piperidine rings is 1. The molecular weight excluding hydrogens is 424 g/mol. The van der Waals surface area contributed by atoms with E-state index in [1.807, 2.05) is 6.07 Å². The third-order valence-corrected chi connectivity index (χ3v) is 6.83. The van der Waals surface area contributed by atoms with Crippen molar-refractivity contribution >= 4 is 50.7 Å². The maximum Gasteiger partial charge on any atom is 0.332 e. The fraction of sp³-hybridized carbons (Fsp3) is 0.217. The number of likely N-dealkylation sites (tertiary alicyclic amines) is 1. The van der Waals surface area contributed by atoms with Crippen LogP contribution in [0, 0.1) is 0 Å². The smallest absolute Gasteiger partial charge is 0.332 e. The van der Waals surface area contributed by atoms with Gasteiger partial charge in [-0.3, -0.25) is 4.79 Å². The molecule has 3 aromatic rings. The summed E-state index contributed by atoms with van der Waals surface area (Å²) in [5.74, 6) is 0.293. The summed E-state index contributed by atoms with van der Waals surface area (Å²) >= 11 is 1.28. The molecule has 0 aliphatic carbocycles. The van der Waals surface area contributed by atoms with Crippen LogP contribution < -0.4 is 15.5 Å². The number of nitrogens with zero attached hydrogens (tertiary/aromatic N) is 4. The molecular formula is C23H22N6O2S. The SMILES string of the molecule is C=CC(=C)N1CCCC(NC(=O)c2sc3nccc4c3c2NC(=O)N4c2ccccn2)C1. The van der Waals surface area contributed by atoms with Crippen molar-refractivity contribution in [2.45, 2.75) is 18.9 Å². The van der Waals surface area contributed by atoms with E-state index in [4.69, 9.17) is 0 Å².